The maximum Gasteiger partial charge on any atom is 0.251 e. The molecule has 2 amide bonds. The fourth-order valence-electron chi connectivity index (χ4n) is 4.12. The highest BCUT2D eigenvalue weighted by Crippen LogP contribution is 2.21. The zero-order valence-electron chi connectivity index (χ0n) is 19.4. The van der Waals surface area contributed by atoms with Crippen LogP contribution in [0.1, 0.15) is 43.7 Å². The number of aryl methyl sites for hydroxylation is 2. The molecular formula is C25H30N6O2. The van der Waals surface area contributed by atoms with Crippen molar-refractivity contribution in [2.45, 2.75) is 65.1 Å². The Morgan fingerprint density at radius 1 is 1.03 bits per heavy atom. The summed E-state index contributed by atoms with van der Waals surface area (Å²) in [6.07, 6.45) is 4.23. The van der Waals surface area contributed by atoms with Crippen LogP contribution >= 0.6 is 0 Å². The molecule has 4 rings (SSSR count). The number of carbonyl (C=O) groups is 2. The van der Waals surface area contributed by atoms with Crippen LogP contribution in [0, 0.1) is 13.8 Å². The van der Waals surface area contributed by atoms with E-state index in [0.717, 1.165) is 42.4 Å². The molecule has 2 aromatic carbocycles. The summed E-state index contributed by atoms with van der Waals surface area (Å²) in [7, 11) is 0. The highest BCUT2D eigenvalue weighted by molar-refractivity contribution is 6.00. The van der Waals surface area contributed by atoms with Gasteiger partial charge in [-0.15, -0.1) is 10.2 Å². The van der Waals surface area contributed by atoms with E-state index in [1.54, 1.807) is 6.92 Å². The molecule has 0 bridgehead atoms. The van der Waals surface area contributed by atoms with Gasteiger partial charge in [-0.25, -0.2) is 0 Å². The van der Waals surface area contributed by atoms with Crippen LogP contribution in [0.4, 0.5) is 5.69 Å². The molecule has 3 aromatic rings. The molecule has 0 aliphatic heterocycles. The second-order valence-electron chi connectivity index (χ2n) is 8.77. The molecule has 1 heterocycles. The van der Waals surface area contributed by atoms with E-state index in [1.807, 2.05) is 62.4 Å². The molecule has 0 saturated heterocycles. The van der Waals surface area contributed by atoms with Gasteiger partial charge in [-0.2, -0.15) is 4.80 Å². The summed E-state index contributed by atoms with van der Waals surface area (Å²) < 4.78 is 0. The molecule has 1 atom stereocenters. The molecule has 1 aromatic heterocycles. The number of nitrogens with one attached hydrogen (secondary N) is 1. The Bertz CT molecular complexity index is 1100. The average Bonchev–Trinajstić information content (AvgIpc) is 3.48. The predicted molar refractivity (Wildman–Crippen MR) is 127 cm³/mol. The highest BCUT2D eigenvalue weighted by atomic mass is 16.2. The molecule has 0 spiro atoms. The number of hydrogen-bond donors (Lipinski definition) is 1. The van der Waals surface area contributed by atoms with E-state index in [1.165, 1.54) is 9.70 Å². The van der Waals surface area contributed by atoms with Crippen molar-refractivity contribution in [3.05, 3.63) is 59.7 Å². The lowest BCUT2D eigenvalue weighted by Gasteiger charge is -2.29. The number of rotatable bonds is 7. The minimum Gasteiger partial charge on any atom is -0.352 e. The van der Waals surface area contributed by atoms with E-state index < -0.39 is 6.04 Å². The summed E-state index contributed by atoms with van der Waals surface area (Å²) in [5.41, 5.74) is 3.72. The maximum atomic E-state index is 13.4. The summed E-state index contributed by atoms with van der Waals surface area (Å²) in [5, 5.41) is 15.6. The summed E-state index contributed by atoms with van der Waals surface area (Å²) >= 11 is 0. The molecule has 1 fully saturated rings. The largest absolute Gasteiger partial charge is 0.352 e. The Kier molecular flexibility index (Phi) is 6.82. The first-order chi connectivity index (χ1) is 15.9. The number of aromatic nitrogens is 4. The molecule has 172 valence electrons. The molecule has 0 radical (unpaired) electrons. The van der Waals surface area contributed by atoms with Crippen LogP contribution < -0.4 is 10.2 Å². The molecule has 8 heteroatoms. The van der Waals surface area contributed by atoms with Gasteiger partial charge in [0, 0.05) is 17.3 Å². The zero-order chi connectivity index (χ0) is 23.4. The van der Waals surface area contributed by atoms with Crippen molar-refractivity contribution in [3.8, 4) is 11.4 Å². The van der Waals surface area contributed by atoms with Crippen molar-refractivity contribution in [1.82, 2.24) is 25.5 Å². The molecule has 1 saturated carbocycles. The van der Waals surface area contributed by atoms with Crippen LogP contribution in [0.2, 0.25) is 0 Å². The highest BCUT2D eigenvalue weighted by Gasteiger charge is 2.30. The fraction of sp³-hybridized carbons (Fsp3) is 0.400. The number of anilines is 1. The number of benzene rings is 2. The second-order valence-corrected chi connectivity index (χ2v) is 8.77. The van der Waals surface area contributed by atoms with Crippen molar-refractivity contribution in [1.29, 1.82) is 0 Å². The summed E-state index contributed by atoms with van der Waals surface area (Å²) in [4.78, 5) is 29.2. The smallest absolute Gasteiger partial charge is 0.251 e. The van der Waals surface area contributed by atoms with Crippen LogP contribution in [0.25, 0.3) is 11.4 Å². The van der Waals surface area contributed by atoms with Gasteiger partial charge in [-0.05, 0) is 51.0 Å². The predicted octanol–water partition coefficient (Wildman–Crippen LogP) is 3.44. The van der Waals surface area contributed by atoms with Crippen molar-refractivity contribution in [2.24, 2.45) is 0 Å². The molecule has 8 nitrogen and oxygen atoms in total. The first kappa shape index (κ1) is 22.6. The third-order valence-electron chi connectivity index (χ3n) is 6.09. The number of carbonyl (C=O) groups excluding carboxylic acids is 2. The third kappa shape index (κ3) is 5.45. The summed E-state index contributed by atoms with van der Waals surface area (Å²) in [5.74, 6) is 0.0280. The Labute approximate surface area is 194 Å². The molecule has 1 aliphatic rings. The van der Waals surface area contributed by atoms with Gasteiger partial charge >= 0.3 is 0 Å². The monoisotopic (exact) mass is 446 g/mol. The van der Waals surface area contributed by atoms with E-state index in [4.69, 9.17) is 0 Å². The van der Waals surface area contributed by atoms with Gasteiger partial charge < -0.3 is 5.32 Å². The molecule has 33 heavy (non-hydrogen) atoms. The lowest BCUT2D eigenvalue weighted by atomic mass is 10.1. The standard InChI is InChI=1S/C25H30N6O2/c1-17-8-12-20(13-9-17)24-27-29-30(28-24)16-23(32)31(22-14-10-18(2)11-15-22)19(3)25(33)26-21-6-4-5-7-21/h8-15,19,21H,4-7,16H2,1-3H3,(H,26,33)/t19-/m0/s1. The van der Waals surface area contributed by atoms with Gasteiger partial charge in [-0.3, -0.25) is 14.5 Å². The average molecular weight is 447 g/mol. The Hall–Kier alpha value is -3.55. The SMILES string of the molecule is Cc1ccc(-c2nnn(CC(=O)N(c3ccc(C)cc3)[C@@H](C)C(=O)NC3CCCC3)n2)cc1. The lowest BCUT2D eigenvalue weighted by Crippen LogP contribution is -2.51. The van der Waals surface area contributed by atoms with Crippen LogP contribution in [-0.4, -0.2) is 44.1 Å². The lowest BCUT2D eigenvalue weighted by molar-refractivity contribution is -0.127. The van der Waals surface area contributed by atoms with Crippen LogP contribution in [0.5, 0.6) is 0 Å². The normalized spacial score (nSPS) is 14.8. The fourth-order valence-corrected chi connectivity index (χ4v) is 4.12. The van der Waals surface area contributed by atoms with Gasteiger partial charge in [-0.1, -0.05) is 60.4 Å². The van der Waals surface area contributed by atoms with Crippen molar-refractivity contribution in [2.75, 3.05) is 4.90 Å². The van der Waals surface area contributed by atoms with E-state index in [-0.39, 0.29) is 24.4 Å². The van der Waals surface area contributed by atoms with Crippen LogP contribution in [0.15, 0.2) is 48.5 Å². The number of hydrogen-bond acceptors (Lipinski definition) is 5. The van der Waals surface area contributed by atoms with Crippen LogP contribution in [-0.2, 0) is 16.1 Å². The van der Waals surface area contributed by atoms with Crippen molar-refractivity contribution >= 4 is 17.5 Å². The minimum absolute atomic E-state index is 0.117. The Morgan fingerprint density at radius 3 is 2.27 bits per heavy atom. The Morgan fingerprint density at radius 2 is 1.64 bits per heavy atom. The van der Waals surface area contributed by atoms with E-state index >= 15 is 0 Å². The number of nitrogens with zero attached hydrogens (tertiary/aromatic N) is 5. The van der Waals surface area contributed by atoms with E-state index in [2.05, 4.69) is 20.7 Å². The van der Waals surface area contributed by atoms with E-state index in [9.17, 15) is 9.59 Å². The van der Waals surface area contributed by atoms with Gasteiger partial charge in [0.1, 0.15) is 12.6 Å². The minimum atomic E-state index is -0.666. The summed E-state index contributed by atoms with van der Waals surface area (Å²) in [6.45, 7) is 5.64. The molecule has 1 aliphatic carbocycles. The van der Waals surface area contributed by atoms with E-state index in [0.29, 0.717) is 11.5 Å². The van der Waals surface area contributed by atoms with Crippen molar-refractivity contribution in [3.63, 3.8) is 0 Å². The van der Waals surface area contributed by atoms with Gasteiger partial charge in [0.25, 0.3) is 5.91 Å². The number of amides is 2. The third-order valence-corrected chi connectivity index (χ3v) is 6.09. The van der Waals surface area contributed by atoms with Crippen LogP contribution in [0.3, 0.4) is 0 Å². The van der Waals surface area contributed by atoms with Gasteiger partial charge in [0.15, 0.2) is 0 Å². The molecular weight excluding hydrogens is 416 g/mol. The Balaban J connectivity index is 1.53. The second kappa shape index (κ2) is 9.94. The molecule has 1 N–H and O–H groups in total. The zero-order valence-corrected chi connectivity index (χ0v) is 19.4. The molecule has 0 unspecified atom stereocenters. The topological polar surface area (TPSA) is 93.0 Å². The number of tetrazole rings is 1. The summed E-state index contributed by atoms with van der Waals surface area (Å²) in [6, 6.07) is 14.9. The maximum absolute atomic E-state index is 13.4. The van der Waals surface area contributed by atoms with Gasteiger partial charge in [0.2, 0.25) is 11.7 Å². The first-order valence-corrected chi connectivity index (χ1v) is 11.4. The first-order valence-electron chi connectivity index (χ1n) is 11.4. The van der Waals surface area contributed by atoms with Gasteiger partial charge in [0.05, 0.1) is 0 Å². The quantitative estimate of drug-likeness (QED) is 0.600. The van der Waals surface area contributed by atoms with Crippen molar-refractivity contribution < 1.29 is 9.59 Å².